The molecule has 96 valence electrons. The molecule has 0 aromatic heterocycles. The third-order valence-electron chi connectivity index (χ3n) is 3.74. The Labute approximate surface area is 108 Å². The maximum atomic E-state index is 12.1. The summed E-state index contributed by atoms with van der Waals surface area (Å²) in [5.74, 6) is -0.0498. The Kier molecular flexibility index (Phi) is 3.53. The van der Waals surface area contributed by atoms with Crippen LogP contribution in [0.4, 0.5) is 5.69 Å². The van der Waals surface area contributed by atoms with Crippen molar-refractivity contribution < 1.29 is 4.79 Å². The highest BCUT2D eigenvalue weighted by atomic mass is 16.1. The Morgan fingerprint density at radius 2 is 1.94 bits per heavy atom. The van der Waals surface area contributed by atoms with Crippen molar-refractivity contribution in [2.24, 2.45) is 11.7 Å². The first-order chi connectivity index (χ1) is 8.49. The summed E-state index contributed by atoms with van der Waals surface area (Å²) in [6.07, 6.45) is 0.842. The van der Waals surface area contributed by atoms with Gasteiger partial charge in [-0.1, -0.05) is 28.8 Å². The van der Waals surface area contributed by atoms with Gasteiger partial charge in [-0.15, -0.1) is 0 Å². The number of nitrogens with one attached hydrogen (secondary N) is 1. The largest absolute Gasteiger partial charge is 0.326 e. The van der Waals surface area contributed by atoms with Crippen LogP contribution in [0.25, 0.3) is 0 Å². The van der Waals surface area contributed by atoms with Gasteiger partial charge < -0.3 is 11.1 Å². The van der Waals surface area contributed by atoms with Gasteiger partial charge in [0.05, 0.1) is 5.92 Å². The molecule has 2 atom stereocenters. The smallest absolute Gasteiger partial charge is 0.231 e. The molecular weight excluding hydrogens is 224 g/mol. The molecule has 3 nitrogen and oxygen atoms in total. The first-order valence-corrected chi connectivity index (χ1v) is 6.31. The van der Waals surface area contributed by atoms with Crippen molar-refractivity contribution in [3.05, 3.63) is 41.0 Å². The first-order valence-electron chi connectivity index (χ1n) is 6.31. The van der Waals surface area contributed by atoms with E-state index < -0.39 is 0 Å². The number of carbonyl (C=O) groups is 1. The van der Waals surface area contributed by atoms with Gasteiger partial charge in [0.15, 0.2) is 0 Å². The molecule has 0 saturated carbocycles. The van der Waals surface area contributed by atoms with Crippen LogP contribution in [0, 0.1) is 12.8 Å². The van der Waals surface area contributed by atoms with Crippen molar-refractivity contribution in [3.63, 3.8) is 0 Å². The summed E-state index contributed by atoms with van der Waals surface area (Å²) in [5, 5.41) is 2.94. The molecule has 1 aromatic carbocycles. The number of carbonyl (C=O) groups excluding carboxylic acids is 1. The van der Waals surface area contributed by atoms with Crippen LogP contribution in [0.3, 0.4) is 0 Å². The van der Waals surface area contributed by atoms with Crippen molar-refractivity contribution in [1.29, 1.82) is 0 Å². The van der Waals surface area contributed by atoms with Gasteiger partial charge in [0.25, 0.3) is 0 Å². The fraction of sp³-hybridized carbons (Fsp3) is 0.400. The average Bonchev–Trinajstić information content (AvgIpc) is 2.37. The topological polar surface area (TPSA) is 55.1 Å². The summed E-state index contributed by atoms with van der Waals surface area (Å²) in [4.78, 5) is 12.1. The van der Waals surface area contributed by atoms with E-state index in [1.165, 1.54) is 16.7 Å². The zero-order valence-electron chi connectivity index (χ0n) is 11.2. The zero-order chi connectivity index (χ0) is 13.3. The monoisotopic (exact) mass is 244 g/mol. The summed E-state index contributed by atoms with van der Waals surface area (Å²) >= 11 is 0. The molecule has 3 heteroatoms. The Balaban J connectivity index is 2.02. The van der Waals surface area contributed by atoms with Crippen LogP contribution in [0.15, 0.2) is 35.4 Å². The molecule has 1 aromatic rings. The van der Waals surface area contributed by atoms with E-state index in [-0.39, 0.29) is 17.9 Å². The van der Waals surface area contributed by atoms with E-state index in [0.29, 0.717) is 0 Å². The molecule has 0 saturated heterocycles. The molecule has 1 aliphatic carbocycles. The fourth-order valence-electron chi connectivity index (χ4n) is 2.22. The van der Waals surface area contributed by atoms with Gasteiger partial charge in [0.2, 0.25) is 5.91 Å². The van der Waals surface area contributed by atoms with E-state index >= 15 is 0 Å². The molecule has 0 aliphatic heterocycles. The standard InChI is InChI=1S/C15H20N2O/c1-9-4-6-12(7-5-9)17-15(18)11(3)13-8-14(16)10(13)2/h4-7,11,14H,8,16H2,1-3H3,(H,17,18). The maximum Gasteiger partial charge on any atom is 0.231 e. The second-order valence-electron chi connectivity index (χ2n) is 5.10. The molecule has 18 heavy (non-hydrogen) atoms. The van der Waals surface area contributed by atoms with Gasteiger partial charge in [0, 0.05) is 11.7 Å². The molecular formula is C15H20N2O. The predicted molar refractivity (Wildman–Crippen MR) is 74.3 cm³/mol. The minimum absolute atomic E-state index is 0.0418. The molecule has 1 amide bonds. The Morgan fingerprint density at radius 1 is 1.33 bits per heavy atom. The Bertz CT molecular complexity index is 488. The number of anilines is 1. The van der Waals surface area contributed by atoms with Crippen molar-refractivity contribution in [2.45, 2.75) is 33.2 Å². The van der Waals surface area contributed by atoms with Crippen LogP contribution >= 0.6 is 0 Å². The van der Waals surface area contributed by atoms with E-state index in [1.54, 1.807) is 0 Å². The zero-order valence-corrected chi connectivity index (χ0v) is 11.2. The van der Waals surface area contributed by atoms with Gasteiger partial charge in [0.1, 0.15) is 0 Å². The quantitative estimate of drug-likeness (QED) is 0.803. The van der Waals surface area contributed by atoms with E-state index in [4.69, 9.17) is 5.73 Å². The van der Waals surface area contributed by atoms with E-state index in [2.05, 4.69) is 5.32 Å². The lowest BCUT2D eigenvalue weighted by molar-refractivity contribution is -0.118. The number of rotatable bonds is 3. The number of amides is 1. The van der Waals surface area contributed by atoms with E-state index in [1.807, 2.05) is 45.0 Å². The summed E-state index contributed by atoms with van der Waals surface area (Å²) in [6, 6.07) is 7.98. The SMILES string of the molecule is CC1=C(C(C)C(=O)Nc2ccc(C)cc2)CC1N. The number of nitrogens with two attached hydrogens (primary N) is 1. The summed E-state index contributed by atoms with van der Waals surface area (Å²) in [6.45, 7) is 5.98. The van der Waals surface area contributed by atoms with Gasteiger partial charge in [-0.25, -0.2) is 0 Å². The van der Waals surface area contributed by atoms with E-state index in [0.717, 1.165) is 12.1 Å². The highest BCUT2D eigenvalue weighted by Crippen LogP contribution is 2.32. The van der Waals surface area contributed by atoms with Crippen LogP contribution in [-0.2, 0) is 4.79 Å². The predicted octanol–water partition coefficient (Wildman–Crippen LogP) is 2.62. The van der Waals surface area contributed by atoms with Crippen molar-refractivity contribution >= 4 is 11.6 Å². The lowest BCUT2D eigenvalue weighted by atomic mass is 9.78. The molecule has 0 bridgehead atoms. The molecule has 3 N–H and O–H groups in total. The Morgan fingerprint density at radius 3 is 2.44 bits per heavy atom. The Hall–Kier alpha value is -1.61. The van der Waals surface area contributed by atoms with Crippen LogP contribution in [0.1, 0.15) is 25.8 Å². The van der Waals surface area contributed by atoms with Gasteiger partial charge in [-0.2, -0.15) is 0 Å². The molecule has 0 spiro atoms. The summed E-state index contributed by atoms with van der Waals surface area (Å²) in [7, 11) is 0. The molecule has 2 rings (SSSR count). The lowest BCUT2D eigenvalue weighted by Gasteiger charge is -2.32. The molecule has 0 radical (unpaired) electrons. The number of hydrogen-bond acceptors (Lipinski definition) is 2. The minimum atomic E-state index is -0.0916. The van der Waals surface area contributed by atoms with Crippen LogP contribution < -0.4 is 11.1 Å². The molecule has 0 fully saturated rings. The van der Waals surface area contributed by atoms with Crippen LogP contribution in [-0.4, -0.2) is 11.9 Å². The summed E-state index contributed by atoms with van der Waals surface area (Å²) < 4.78 is 0. The highest BCUT2D eigenvalue weighted by molar-refractivity contribution is 5.94. The van der Waals surface area contributed by atoms with E-state index in [9.17, 15) is 4.79 Å². The average molecular weight is 244 g/mol. The third-order valence-corrected chi connectivity index (χ3v) is 3.74. The van der Waals surface area contributed by atoms with Crippen LogP contribution in [0.2, 0.25) is 0 Å². The lowest BCUT2D eigenvalue weighted by Crippen LogP contribution is -2.36. The highest BCUT2D eigenvalue weighted by Gasteiger charge is 2.29. The van der Waals surface area contributed by atoms with Crippen molar-refractivity contribution in [3.8, 4) is 0 Å². The first kappa shape index (κ1) is 12.8. The minimum Gasteiger partial charge on any atom is -0.326 e. The fourth-order valence-corrected chi connectivity index (χ4v) is 2.22. The third kappa shape index (κ3) is 2.46. The molecule has 0 heterocycles. The van der Waals surface area contributed by atoms with Crippen molar-refractivity contribution in [2.75, 3.05) is 5.32 Å². The van der Waals surface area contributed by atoms with Crippen LogP contribution in [0.5, 0.6) is 0 Å². The maximum absolute atomic E-state index is 12.1. The number of benzene rings is 1. The van der Waals surface area contributed by atoms with Gasteiger partial charge in [-0.3, -0.25) is 4.79 Å². The second kappa shape index (κ2) is 4.94. The van der Waals surface area contributed by atoms with Crippen molar-refractivity contribution in [1.82, 2.24) is 0 Å². The molecule has 1 aliphatic rings. The second-order valence-corrected chi connectivity index (χ2v) is 5.10. The van der Waals surface area contributed by atoms with Gasteiger partial charge >= 0.3 is 0 Å². The van der Waals surface area contributed by atoms with Gasteiger partial charge in [-0.05, 0) is 39.3 Å². The normalized spacial score (nSPS) is 20.3. The molecule has 2 unspecified atom stereocenters. The number of hydrogen-bond donors (Lipinski definition) is 2. The number of aryl methyl sites for hydroxylation is 1. The summed E-state index contributed by atoms with van der Waals surface area (Å²) in [5.41, 5.74) is 10.2.